The highest BCUT2D eigenvalue weighted by Crippen LogP contribution is 2.30. The summed E-state index contributed by atoms with van der Waals surface area (Å²) in [5.74, 6) is 0. The van der Waals surface area contributed by atoms with Crippen molar-refractivity contribution >= 4 is 22.6 Å². The number of rotatable bonds is 10. The van der Waals surface area contributed by atoms with Gasteiger partial charge in [0.25, 0.3) is 0 Å². The first kappa shape index (κ1) is 24.3. The maximum Gasteiger partial charge on any atom is 0.184 e. The van der Waals surface area contributed by atoms with E-state index in [0.29, 0.717) is 24.2 Å². The number of aliphatic hydroxyl groups is 1. The molecule has 4 rings (SSSR count). The number of hydrogen-bond donors (Lipinski definition) is 1. The van der Waals surface area contributed by atoms with Gasteiger partial charge in [-0.25, -0.2) is 0 Å². The van der Waals surface area contributed by atoms with Gasteiger partial charge in [0.05, 0.1) is 25.9 Å². The maximum atomic E-state index is 10.8. The first-order chi connectivity index (χ1) is 16.2. The van der Waals surface area contributed by atoms with Crippen LogP contribution in [-0.4, -0.2) is 40.2 Å². The van der Waals surface area contributed by atoms with Crippen molar-refractivity contribution in [1.82, 2.24) is 0 Å². The Kier molecular flexibility index (Phi) is 9.28. The summed E-state index contributed by atoms with van der Waals surface area (Å²) in [5.41, 5.74) is 3.14. The lowest BCUT2D eigenvalue weighted by Gasteiger charge is -2.44. The highest BCUT2D eigenvalue weighted by atomic mass is 127. The molecule has 1 heterocycles. The van der Waals surface area contributed by atoms with E-state index in [1.54, 1.807) is 0 Å². The lowest BCUT2D eigenvalue weighted by molar-refractivity contribution is -0.306. The molecule has 5 nitrogen and oxygen atoms in total. The third-order valence-electron chi connectivity index (χ3n) is 5.62. The number of alkyl halides is 1. The Morgan fingerprint density at radius 3 is 1.42 bits per heavy atom. The topological polar surface area (TPSA) is 57.2 Å². The molecule has 6 heteroatoms. The molecule has 33 heavy (non-hydrogen) atoms. The Hall–Kier alpha value is -1.81. The second kappa shape index (κ2) is 12.6. The average molecular weight is 560 g/mol. The van der Waals surface area contributed by atoms with Gasteiger partial charge in [-0.15, -0.1) is 0 Å². The molecule has 1 fully saturated rings. The van der Waals surface area contributed by atoms with Crippen molar-refractivity contribution in [1.29, 1.82) is 0 Å². The standard InChI is InChI=1S/C27H29IO5/c28-16-23-24(30-17-20-10-4-1-5-11-20)25(31-18-21-12-6-2-7-13-21)26(27(29)33-23)32-19-22-14-8-3-9-15-22/h1-15,23-27,29H,16-19H2/t23-,24-,25-,26-,27+/m1/s1. The van der Waals surface area contributed by atoms with E-state index in [9.17, 15) is 5.11 Å². The van der Waals surface area contributed by atoms with E-state index in [1.165, 1.54) is 0 Å². The fraction of sp³-hybridized carbons (Fsp3) is 0.333. The van der Waals surface area contributed by atoms with E-state index in [-0.39, 0.29) is 6.10 Å². The minimum absolute atomic E-state index is 0.318. The van der Waals surface area contributed by atoms with Crippen molar-refractivity contribution in [2.45, 2.75) is 50.5 Å². The van der Waals surface area contributed by atoms with Crippen LogP contribution in [0.4, 0.5) is 0 Å². The van der Waals surface area contributed by atoms with Crippen LogP contribution >= 0.6 is 22.6 Å². The molecule has 0 radical (unpaired) electrons. The first-order valence-electron chi connectivity index (χ1n) is 11.1. The zero-order chi connectivity index (χ0) is 22.9. The van der Waals surface area contributed by atoms with Crippen LogP contribution in [0.25, 0.3) is 0 Å². The molecular weight excluding hydrogens is 531 g/mol. The zero-order valence-corrected chi connectivity index (χ0v) is 20.5. The van der Waals surface area contributed by atoms with Gasteiger partial charge in [-0.05, 0) is 16.7 Å². The molecule has 0 bridgehead atoms. The summed E-state index contributed by atoms with van der Waals surface area (Å²) in [6.07, 6.45) is -3.00. The molecule has 3 aromatic rings. The molecule has 0 aliphatic carbocycles. The SMILES string of the molecule is O[C@H]1O[C@H](CI)[C@@H](OCc2ccccc2)[C@@H](OCc2ccccc2)[C@H]1OCc1ccccc1. The van der Waals surface area contributed by atoms with Crippen LogP contribution in [0.2, 0.25) is 0 Å². The van der Waals surface area contributed by atoms with Crippen LogP contribution in [0.3, 0.4) is 0 Å². The minimum atomic E-state index is -1.11. The number of aliphatic hydroxyl groups excluding tert-OH is 1. The highest BCUT2D eigenvalue weighted by Gasteiger charge is 2.47. The van der Waals surface area contributed by atoms with Crippen molar-refractivity contribution in [2.24, 2.45) is 0 Å². The maximum absolute atomic E-state index is 10.8. The average Bonchev–Trinajstić information content (AvgIpc) is 2.87. The Balaban J connectivity index is 1.53. The minimum Gasteiger partial charge on any atom is -0.368 e. The molecular formula is C27H29IO5. The van der Waals surface area contributed by atoms with Crippen LogP contribution in [0.5, 0.6) is 0 Å². The molecule has 0 saturated carbocycles. The summed E-state index contributed by atoms with van der Waals surface area (Å²) >= 11 is 2.26. The second-order valence-corrected chi connectivity index (χ2v) is 8.88. The van der Waals surface area contributed by atoms with Crippen LogP contribution in [0, 0.1) is 0 Å². The van der Waals surface area contributed by atoms with Crippen molar-refractivity contribution < 1.29 is 24.1 Å². The monoisotopic (exact) mass is 560 g/mol. The second-order valence-electron chi connectivity index (χ2n) is 8.00. The van der Waals surface area contributed by atoms with E-state index in [0.717, 1.165) is 16.7 Å². The summed E-state index contributed by atoms with van der Waals surface area (Å²) in [5, 5.41) is 10.8. The molecule has 1 N–H and O–H groups in total. The third kappa shape index (κ3) is 6.85. The molecule has 1 aliphatic rings. The fourth-order valence-electron chi connectivity index (χ4n) is 3.89. The third-order valence-corrected chi connectivity index (χ3v) is 6.49. The number of ether oxygens (including phenoxy) is 4. The molecule has 5 atom stereocenters. The number of benzene rings is 3. The van der Waals surface area contributed by atoms with E-state index >= 15 is 0 Å². The van der Waals surface area contributed by atoms with Gasteiger partial charge in [-0.1, -0.05) is 114 Å². The molecule has 174 valence electrons. The molecule has 0 unspecified atom stereocenters. The predicted molar refractivity (Wildman–Crippen MR) is 135 cm³/mol. The van der Waals surface area contributed by atoms with E-state index in [2.05, 4.69) is 22.6 Å². The van der Waals surface area contributed by atoms with Gasteiger partial charge in [0.1, 0.15) is 18.3 Å². The predicted octanol–water partition coefficient (Wildman–Crippen LogP) is 4.89. The van der Waals surface area contributed by atoms with Gasteiger partial charge >= 0.3 is 0 Å². The smallest absolute Gasteiger partial charge is 0.184 e. The Labute approximate surface area is 208 Å². The lowest BCUT2D eigenvalue weighted by Crippen LogP contribution is -2.60. The quantitative estimate of drug-likeness (QED) is 0.283. The van der Waals surface area contributed by atoms with Crippen LogP contribution in [0.1, 0.15) is 16.7 Å². The highest BCUT2D eigenvalue weighted by molar-refractivity contribution is 14.1. The molecule has 0 spiro atoms. The van der Waals surface area contributed by atoms with E-state index in [1.807, 2.05) is 91.0 Å². The first-order valence-corrected chi connectivity index (χ1v) is 12.6. The summed E-state index contributed by atoms with van der Waals surface area (Å²) in [7, 11) is 0. The zero-order valence-electron chi connectivity index (χ0n) is 18.3. The van der Waals surface area contributed by atoms with Crippen LogP contribution < -0.4 is 0 Å². The van der Waals surface area contributed by atoms with E-state index < -0.39 is 24.6 Å². The summed E-state index contributed by atoms with van der Waals surface area (Å²) in [6, 6.07) is 29.9. The number of hydrogen-bond acceptors (Lipinski definition) is 5. The molecule has 0 amide bonds. The summed E-state index contributed by atoms with van der Waals surface area (Å²) < 4.78 is 25.5. The van der Waals surface area contributed by atoms with Gasteiger partial charge in [0, 0.05) is 4.43 Å². The van der Waals surface area contributed by atoms with Gasteiger partial charge < -0.3 is 24.1 Å². The van der Waals surface area contributed by atoms with Gasteiger partial charge in [0.2, 0.25) is 0 Å². The van der Waals surface area contributed by atoms with Crippen molar-refractivity contribution in [2.75, 3.05) is 4.43 Å². The van der Waals surface area contributed by atoms with Crippen molar-refractivity contribution in [3.05, 3.63) is 108 Å². The molecule has 0 aromatic heterocycles. The molecule has 1 aliphatic heterocycles. The molecule has 1 saturated heterocycles. The number of halogens is 1. The summed E-state index contributed by atoms with van der Waals surface area (Å²) in [6.45, 7) is 1.16. The molecule has 3 aromatic carbocycles. The fourth-order valence-corrected chi connectivity index (χ4v) is 4.60. The Morgan fingerprint density at radius 2 is 1.00 bits per heavy atom. The van der Waals surface area contributed by atoms with Crippen molar-refractivity contribution in [3.8, 4) is 0 Å². The van der Waals surface area contributed by atoms with Gasteiger partial charge in [0.15, 0.2) is 6.29 Å². The Bertz CT molecular complexity index is 941. The lowest BCUT2D eigenvalue weighted by atomic mass is 9.98. The van der Waals surface area contributed by atoms with Crippen LogP contribution in [0.15, 0.2) is 91.0 Å². The van der Waals surface area contributed by atoms with Crippen molar-refractivity contribution in [3.63, 3.8) is 0 Å². The van der Waals surface area contributed by atoms with Gasteiger partial charge in [-0.2, -0.15) is 0 Å². The van der Waals surface area contributed by atoms with Gasteiger partial charge in [-0.3, -0.25) is 0 Å². The Morgan fingerprint density at radius 1 is 0.606 bits per heavy atom. The van der Waals surface area contributed by atoms with E-state index in [4.69, 9.17) is 18.9 Å². The normalized spacial score (nSPS) is 25.1. The van der Waals surface area contributed by atoms with Crippen LogP contribution in [-0.2, 0) is 38.8 Å². The largest absolute Gasteiger partial charge is 0.368 e. The summed E-state index contributed by atoms with van der Waals surface area (Å²) in [4.78, 5) is 0.